The van der Waals surface area contributed by atoms with E-state index in [0.717, 1.165) is 23.2 Å². The molecule has 0 saturated carbocycles. The fraction of sp³-hybridized carbons (Fsp3) is 0.447. The predicted octanol–water partition coefficient (Wildman–Crippen LogP) is 7.93. The second-order valence-electron chi connectivity index (χ2n) is 12.2. The Kier molecular flexibility index (Phi) is 17.0. The minimum atomic E-state index is -2.95. The van der Waals surface area contributed by atoms with Crippen molar-refractivity contribution in [2.24, 2.45) is 0 Å². The van der Waals surface area contributed by atoms with Gasteiger partial charge in [0.15, 0.2) is 0 Å². The van der Waals surface area contributed by atoms with E-state index in [9.17, 15) is 15.1 Å². The third kappa shape index (κ3) is 12.3. The molecular formula is C38H52N2O4Si. The molecule has 0 spiro atoms. The zero-order chi connectivity index (χ0) is 33.0. The molecule has 0 amide bonds. The zero-order valence-corrected chi connectivity index (χ0v) is 28.9. The molecule has 2 aromatic rings. The number of rotatable bonds is 20. The largest absolute Gasteiger partial charge is 0.466 e. The fourth-order valence-electron chi connectivity index (χ4n) is 5.36. The summed E-state index contributed by atoms with van der Waals surface area (Å²) in [5, 5.41) is 2.00. The normalized spacial score (nSPS) is 12.9. The molecule has 0 heterocycles. The quantitative estimate of drug-likeness (QED) is 0.0218. The van der Waals surface area contributed by atoms with Crippen LogP contribution in [0.3, 0.4) is 0 Å². The van der Waals surface area contributed by atoms with Crippen LogP contribution < -0.4 is 10.4 Å². The number of benzene rings is 2. The van der Waals surface area contributed by atoms with Crippen LogP contribution in [0, 0.1) is 0 Å². The van der Waals surface area contributed by atoms with Gasteiger partial charge >= 0.3 is 11.7 Å². The van der Waals surface area contributed by atoms with E-state index in [4.69, 9.17) is 9.16 Å². The van der Waals surface area contributed by atoms with E-state index in [1.54, 1.807) is 6.92 Å². The Hall–Kier alpha value is -3.64. The Bertz CT molecular complexity index is 1270. The van der Waals surface area contributed by atoms with E-state index < -0.39 is 14.4 Å². The van der Waals surface area contributed by atoms with Gasteiger partial charge in [-0.1, -0.05) is 138 Å². The highest BCUT2D eigenvalue weighted by molar-refractivity contribution is 6.99. The first-order valence-electron chi connectivity index (χ1n) is 16.4. The second-order valence-corrected chi connectivity index (χ2v) is 16.4. The molecule has 45 heavy (non-hydrogen) atoms. The van der Waals surface area contributed by atoms with Crippen LogP contribution in [-0.4, -0.2) is 43.3 Å². The van der Waals surface area contributed by atoms with E-state index in [0.29, 0.717) is 25.9 Å². The molecular weight excluding hydrogens is 577 g/mol. The number of Topliss-reactive ketones (excluding diaryl/α,β-unsaturated/α-hetero) is 1. The highest BCUT2D eigenvalue weighted by Crippen LogP contribution is 2.38. The summed E-state index contributed by atoms with van der Waals surface area (Å²) < 4.78 is 12.2. The number of hydrogen-bond donors (Lipinski definition) is 0. The van der Waals surface area contributed by atoms with Gasteiger partial charge < -0.3 is 14.7 Å². The van der Waals surface area contributed by atoms with Crippen LogP contribution in [-0.2, 0) is 18.8 Å². The number of ether oxygens (including phenoxy) is 1. The first kappa shape index (κ1) is 37.5. The fourth-order valence-corrected chi connectivity index (χ4v) is 9.99. The average molecular weight is 629 g/mol. The standard InChI is InChI=1S/C38H52N2O4Si/c1-6-8-9-10-11-12-17-24-32(31-36(41)35(40-39)29-22-13-14-23-30-37(42)43-7-2)44-45(38(3,4)5,33-25-18-15-19-26-33)34-27-20-16-21-28-34/h11-13,15-22,24-28,32H,6-10,14,23,29-31H2,1-5H3/b12-11+,22-13-,24-17+/t32-/m0/s1. The van der Waals surface area contributed by atoms with Crippen LogP contribution in [0.5, 0.6) is 0 Å². The molecule has 2 rings (SSSR count). The van der Waals surface area contributed by atoms with Gasteiger partial charge in [-0.25, -0.2) is 0 Å². The Morgan fingerprint density at radius 1 is 0.867 bits per heavy atom. The molecule has 2 aromatic carbocycles. The Labute approximate surface area is 272 Å². The van der Waals surface area contributed by atoms with Gasteiger partial charge in [0.2, 0.25) is 5.78 Å². The number of nitrogens with zero attached hydrogens (tertiary/aromatic N) is 2. The average Bonchev–Trinajstić information content (AvgIpc) is 3.03. The van der Waals surface area contributed by atoms with Crippen LogP contribution >= 0.6 is 0 Å². The van der Waals surface area contributed by atoms with Crippen molar-refractivity contribution in [3.8, 4) is 0 Å². The van der Waals surface area contributed by atoms with Gasteiger partial charge in [-0.2, -0.15) is 4.79 Å². The minimum Gasteiger partial charge on any atom is -0.466 e. The topological polar surface area (TPSA) is 89.0 Å². The molecule has 7 heteroatoms. The van der Waals surface area contributed by atoms with Gasteiger partial charge in [-0.05, 0) is 48.0 Å². The molecule has 0 aliphatic heterocycles. The molecule has 0 bridgehead atoms. The molecule has 0 radical (unpaired) electrons. The maximum atomic E-state index is 13.6. The summed E-state index contributed by atoms with van der Waals surface area (Å²) >= 11 is 0. The second kappa shape index (κ2) is 20.4. The Morgan fingerprint density at radius 2 is 1.49 bits per heavy atom. The molecule has 0 saturated heterocycles. The van der Waals surface area contributed by atoms with E-state index >= 15 is 0 Å². The van der Waals surface area contributed by atoms with E-state index in [1.165, 1.54) is 12.8 Å². The van der Waals surface area contributed by atoms with Crippen LogP contribution in [0.25, 0.3) is 5.53 Å². The molecule has 242 valence electrons. The monoisotopic (exact) mass is 628 g/mol. The highest BCUT2D eigenvalue weighted by atomic mass is 28.4. The number of allylic oxidation sites excluding steroid dienone is 5. The van der Waals surface area contributed by atoms with Crippen molar-refractivity contribution in [2.45, 2.75) is 104 Å². The van der Waals surface area contributed by atoms with Gasteiger partial charge in [0, 0.05) is 12.8 Å². The minimum absolute atomic E-state index is 0.0424. The van der Waals surface area contributed by atoms with Crippen molar-refractivity contribution in [2.75, 3.05) is 6.61 Å². The maximum Gasteiger partial charge on any atom is 0.338 e. The van der Waals surface area contributed by atoms with Crippen molar-refractivity contribution in [3.05, 3.63) is 103 Å². The summed E-state index contributed by atoms with van der Waals surface area (Å²) in [7, 11) is -2.95. The van der Waals surface area contributed by atoms with E-state index in [-0.39, 0.29) is 35.3 Å². The summed E-state index contributed by atoms with van der Waals surface area (Å²) in [6, 6.07) is 20.7. The molecule has 0 N–H and O–H groups in total. The molecule has 0 aromatic heterocycles. The molecule has 6 nitrogen and oxygen atoms in total. The smallest absolute Gasteiger partial charge is 0.338 e. The molecule has 0 unspecified atom stereocenters. The summed E-state index contributed by atoms with van der Waals surface area (Å²) in [5.74, 6) is -0.484. The predicted molar refractivity (Wildman–Crippen MR) is 187 cm³/mol. The summed E-state index contributed by atoms with van der Waals surface area (Å²) in [6.07, 6.45) is 17.7. The number of carbonyl (C=O) groups is 2. The van der Waals surface area contributed by atoms with Gasteiger partial charge in [-0.3, -0.25) is 9.59 Å². The van der Waals surface area contributed by atoms with Crippen LogP contribution in [0.2, 0.25) is 5.04 Å². The number of ketones is 1. The highest BCUT2D eigenvalue weighted by Gasteiger charge is 2.51. The van der Waals surface area contributed by atoms with Gasteiger partial charge in [-0.15, -0.1) is 0 Å². The van der Waals surface area contributed by atoms with E-state index in [1.807, 2.05) is 66.8 Å². The number of unbranched alkanes of at least 4 members (excludes halogenated alkanes) is 4. The summed E-state index contributed by atoms with van der Waals surface area (Å²) in [6.45, 7) is 11.0. The van der Waals surface area contributed by atoms with Crippen LogP contribution in [0.4, 0.5) is 0 Å². The lowest BCUT2D eigenvalue weighted by atomic mass is 10.1. The third-order valence-corrected chi connectivity index (χ3v) is 12.7. The van der Waals surface area contributed by atoms with Crippen molar-refractivity contribution in [1.29, 1.82) is 0 Å². The lowest BCUT2D eigenvalue weighted by Crippen LogP contribution is -2.67. The number of carbonyl (C=O) groups excluding carboxylic acids is 2. The molecule has 1 atom stereocenters. The van der Waals surface area contributed by atoms with Crippen molar-refractivity contribution < 1.29 is 23.5 Å². The van der Waals surface area contributed by atoms with Gasteiger partial charge in [0.25, 0.3) is 8.32 Å². The molecule has 0 aliphatic carbocycles. The lowest BCUT2D eigenvalue weighted by Gasteiger charge is -2.44. The van der Waals surface area contributed by atoms with Crippen molar-refractivity contribution in [1.82, 2.24) is 0 Å². The molecule has 0 fully saturated rings. The zero-order valence-electron chi connectivity index (χ0n) is 27.9. The summed E-state index contributed by atoms with van der Waals surface area (Å²) in [4.78, 5) is 28.5. The van der Waals surface area contributed by atoms with Crippen LogP contribution in [0.1, 0.15) is 92.4 Å². The maximum absolute atomic E-state index is 13.6. The first-order valence-corrected chi connectivity index (χ1v) is 18.3. The van der Waals surface area contributed by atoms with Crippen LogP contribution in [0.15, 0.2) is 97.1 Å². The SMILES string of the molecule is CCCCC/C=C/C=C/[C@@H](CC(=O)C(C/C=C\CCCC(=O)OCC)=[N+]=[N-])O[Si](c1ccccc1)(c1ccccc1)C(C)(C)C. The lowest BCUT2D eigenvalue weighted by molar-refractivity contribution is -0.143. The van der Waals surface area contributed by atoms with E-state index in [2.05, 4.69) is 62.8 Å². The Morgan fingerprint density at radius 3 is 2.04 bits per heavy atom. The number of hydrogen-bond acceptors (Lipinski definition) is 4. The summed E-state index contributed by atoms with van der Waals surface area (Å²) in [5.41, 5.74) is 9.87. The molecule has 0 aliphatic rings. The number of esters is 1. The van der Waals surface area contributed by atoms with Crippen molar-refractivity contribution in [3.63, 3.8) is 0 Å². The van der Waals surface area contributed by atoms with Gasteiger partial charge in [0.1, 0.15) is 0 Å². The third-order valence-electron chi connectivity index (χ3n) is 7.66. The van der Waals surface area contributed by atoms with Gasteiger partial charge in [0.05, 0.1) is 19.1 Å². The van der Waals surface area contributed by atoms with Crippen molar-refractivity contribution >= 4 is 36.2 Å². The Balaban J connectivity index is 2.36. The first-order chi connectivity index (χ1) is 21.7.